The maximum atomic E-state index is 9.34. The Balaban J connectivity index is 3.18. The van der Waals surface area contributed by atoms with E-state index in [2.05, 4.69) is 6.58 Å². The van der Waals surface area contributed by atoms with Gasteiger partial charge in [0.25, 0.3) is 0 Å². The quantitative estimate of drug-likeness (QED) is 0.751. The van der Waals surface area contributed by atoms with Crippen LogP contribution in [0.3, 0.4) is 0 Å². The van der Waals surface area contributed by atoms with Crippen LogP contribution < -0.4 is 9.47 Å². The average Bonchev–Trinajstić information content (AvgIpc) is 2.35. The lowest BCUT2D eigenvalue weighted by Crippen LogP contribution is -2.12. The third-order valence-electron chi connectivity index (χ3n) is 2.48. The largest absolute Gasteiger partial charge is 0.493 e. The van der Waals surface area contributed by atoms with Gasteiger partial charge in [-0.3, -0.25) is 0 Å². The molecule has 0 amide bonds. The minimum Gasteiger partial charge on any atom is -0.493 e. The number of hydrogen-bond acceptors (Lipinski definition) is 4. The highest BCUT2D eigenvalue weighted by molar-refractivity contribution is 5.52. The maximum absolute atomic E-state index is 9.34. The fourth-order valence-corrected chi connectivity index (χ4v) is 1.76. The van der Waals surface area contributed by atoms with Gasteiger partial charge in [0, 0.05) is 17.7 Å². The number of nitrogens with zero attached hydrogens (tertiary/aromatic N) is 1. The molecule has 0 aliphatic heterocycles. The third kappa shape index (κ3) is 3.48. The Kier molecular flexibility index (Phi) is 5.68. The highest BCUT2D eigenvalue weighted by atomic mass is 16.5. The van der Waals surface area contributed by atoms with E-state index in [-0.39, 0.29) is 6.61 Å². The predicted octanol–water partition coefficient (Wildman–Crippen LogP) is 1.81. The number of hydrogen-bond donors (Lipinski definition) is 1. The van der Waals surface area contributed by atoms with Gasteiger partial charge in [0.05, 0.1) is 13.7 Å². The van der Waals surface area contributed by atoms with Crippen molar-refractivity contribution < 1.29 is 14.6 Å². The Bertz CT molecular complexity index is 402. The maximum Gasteiger partial charge on any atom is 0.167 e. The van der Waals surface area contributed by atoms with Crippen LogP contribution in [0.4, 0.5) is 0 Å². The lowest BCUT2D eigenvalue weighted by atomic mass is 10.1. The van der Waals surface area contributed by atoms with Crippen LogP contribution >= 0.6 is 0 Å². The molecule has 1 aromatic rings. The van der Waals surface area contributed by atoms with Crippen LogP contribution in [0.15, 0.2) is 24.8 Å². The van der Waals surface area contributed by atoms with Gasteiger partial charge in [0.1, 0.15) is 6.61 Å². The molecule has 0 aliphatic carbocycles. The van der Waals surface area contributed by atoms with Gasteiger partial charge in [-0.2, -0.15) is 0 Å². The summed E-state index contributed by atoms with van der Waals surface area (Å²) in [4.78, 5) is 2.05. The van der Waals surface area contributed by atoms with Crippen LogP contribution in [-0.4, -0.2) is 37.8 Å². The predicted molar refractivity (Wildman–Crippen MR) is 72.0 cm³/mol. The molecule has 1 rings (SSSR count). The second kappa shape index (κ2) is 7.03. The fourth-order valence-electron chi connectivity index (χ4n) is 1.76. The molecule has 0 saturated heterocycles. The molecule has 0 unspecified atom stereocenters. The topological polar surface area (TPSA) is 41.9 Å². The zero-order valence-corrected chi connectivity index (χ0v) is 11.3. The number of ether oxygens (including phenoxy) is 2. The highest BCUT2D eigenvalue weighted by Gasteiger charge is 2.15. The summed E-state index contributed by atoms with van der Waals surface area (Å²) in [6.07, 6.45) is 1.67. The summed E-state index contributed by atoms with van der Waals surface area (Å²) in [6.45, 7) is 4.68. The van der Waals surface area contributed by atoms with E-state index >= 15 is 0 Å². The lowest BCUT2D eigenvalue weighted by Gasteiger charge is -2.18. The number of methoxy groups -OCH3 is 1. The number of aliphatic hydroxyl groups excluding tert-OH is 1. The van der Waals surface area contributed by atoms with Crippen LogP contribution in [-0.2, 0) is 13.2 Å². The van der Waals surface area contributed by atoms with Crippen LogP contribution in [0.25, 0.3) is 0 Å². The van der Waals surface area contributed by atoms with Crippen molar-refractivity contribution >= 4 is 0 Å². The van der Waals surface area contributed by atoms with Crippen molar-refractivity contribution in [2.45, 2.75) is 13.2 Å². The van der Waals surface area contributed by atoms with Gasteiger partial charge < -0.3 is 19.5 Å². The first-order valence-corrected chi connectivity index (χ1v) is 5.82. The van der Waals surface area contributed by atoms with Gasteiger partial charge in [-0.15, -0.1) is 0 Å². The second-order valence-corrected chi connectivity index (χ2v) is 4.24. The summed E-state index contributed by atoms with van der Waals surface area (Å²) < 4.78 is 11.0. The third-order valence-corrected chi connectivity index (χ3v) is 2.48. The van der Waals surface area contributed by atoms with E-state index in [1.54, 1.807) is 13.2 Å². The standard InChI is InChI=1S/C14H21NO3/c1-5-8-18-14-12(10-16)7-6-11(9-15(2)3)13(14)17-4/h5-7,16H,1,8-10H2,2-4H3. The van der Waals surface area contributed by atoms with E-state index in [0.29, 0.717) is 18.1 Å². The normalized spacial score (nSPS) is 10.5. The Morgan fingerprint density at radius 1 is 1.28 bits per heavy atom. The number of rotatable bonds is 7. The molecule has 0 spiro atoms. The number of benzene rings is 1. The summed E-state index contributed by atoms with van der Waals surface area (Å²) in [5, 5.41) is 9.34. The van der Waals surface area contributed by atoms with Crippen molar-refractivity contribution in [3.05, 3.63) is 35.9 Å². The van der Waals surface area contributed by atoms with E-state index in [9.17, 15) is 5.11 Å². The summed E-state index contributed by atoms with van der Waals surface area (Å²) in [6, 6.07) is 3.81. The minimum absolute atomic E-state index is 0.0783. The first-order valence-electron chi connectivity index (χ1n) is 5.82. The fraction of sp³-hybridized carbons (Fsp3) is 0.429. The average molecular weight is 251 g/mol. The van der Waals surface area contributed by atoms with Crippen LogP contribution in [0.1, 0.15) is 11.1 Å². The Morgan fingerprint density at radius 2 is 1.94 bits per heavy atom. The van der Waals surface area contributed by atoms with Gasteiger partial charge in [-0.25, -0.2) is 0 Å². The van der Waals surface area contributed by atoms with Gasteiger partial charge in [0.15, 0.2) is 11.5 Å². The molecule has 0 heterocycles. The van der Waals surface area contributed by atoms with Gasteiger partial charge in [0.2, 0.25) is 0 Å². The molecule has 1 N–H and O–H groups in total. The van der Waals surface area contributed by atoms with E-state index in [0.717, 1.165) is 17.7 Å². The number of aliphatic hydroxyl groups is 1. The summed E-state index contributed by atoms with van der Waals surface area (Å²) in [5.74, 6) is 1.27. The van der Waals surface area contributed by atoms with Crippen LogP contribution in [0, 0.1) is 0 Å². The van der Waals surface area contributed by atoms with Gasteiger partial charge >= 0.3 is 0 Å². The first-order chi connectivity index (χ1) is 8.63. The molecule has 0 atom stereocenters. The molecule has 100 valence electrons. The van der Waals surface area contributed by atoms with Crippen molar-refractivity contribution in [3.8, 4) is 11.5 Å². The Hall–Kier alpha value is -1.52. The van der Waals surface area contributed by atoms with Gasteiger partial charge in [-0.1, -0.05) is 24.8 Å². The zero-order chi connectivity index (χ0) is 13.5. The van der Waals surface area contributed by atoms with Gasteiger partial charge in [-0.05, 0) is 14.1 Å². The van der Waals surface area contributed by atoms with Crippen molar-refractivity contribution in [2.24, 2.45) is 0 Å². The summed E-state index contributed by atoms with van der Waals surface area (Å²) in [7, 11) is 5.59. The molecule has 0 aromatic heterocycles. The monoisotopic (exact) mass is 251 g/mol. The summed E-state index contributed by atoms with van der Waals surface area (Å²) in [5.41, 5.74) is 1.75. The zero-order valence-electron chi connectivity index (χ0n) is 11.3. The molecule has 0 bridgehead atoms. The molecule has 0 radical (unpaired) electrons. The van der Waals surface area contributed by atoms with Crippen molar-refractivity contribution in [2.75, 3.05) is 27.8 Å². The first kappa shape index (κ1) is 14.5. The molecular formula is C14H21NO3. The second-order valence-electron chi connectivity index (χ2n) is 4.24. The molecule has 1 aromatic carbocycles. The SMILES string of the molecule is C=CCOc1c(CO)ccc(CN(C)C)c1OC. The van der Waals surface area contributed by atoms with E-state index < -0.39 is 0 Å². The summed E-state index contributed by atoms with van der Waals surface area (Å²) >= 11 is 0. The van der Waals surface area contributed by atoms with E-state index in [1.165, 1.54) is 0 Å². The Morgan fingerprint density at radius 3 is 2.44 bits per heavy atom. The molecule has 4 heteroatoms. The smallest absolute Gasteiger partial charge is 0.167 e. The molecule has 0 fully saturated rings. The minimum atomic E-state index is -0.0783. The molecule has 0 saturated carbocycles. The molecule has 4 nitrogen and oxygen atoms in total. The van der Waals surface area contributed by atoms with Crippen molar-refractivity contribution in [1.82, 2.24) is 4.90 Å². The van der Waals surface area contributed by atoms with E-state index in [1.807, 2.05) is 31.1 Å². The molecule has 0 aliphatic rings. The van der Waals surface area contributed by atoms with Crippen LogP contribution in [0.5, 0.6) is 11.5 Å². The lowest BCUT2D eigenvalue weighted by molar-refractivity contribution is 0.263. The Labute approximate surface area is 108 Å². The van der Waals surface area contributed by atoms with Crippen molar-refractivity contribution in [1.29, 1.82) is 0 Å². The van der Waals surface area contributed by atoms with E-state index in [4.69, 9.17) is 9.47 Å². The molecular weight excluding hydrogens is 230 g/mol. The van der Waals surface area contributed by atoms with Crippen molar-refractivity contribution in [3.63, 3.8) is 0 Å². The molecule has 18 heavy (non-hydrogen) atoms. The van der Waals surface area contributed by atoms with Crippen LogP contribution in [0.2, 0.25) is 0 Å². The highest BCUT2D eigenvalue weighted by Crippen LogP contribution is 2.35.